The molecule has 1 atom stereocenters. The highest BCUT2D eigenvalue weighted by atomic mass is 35.5. The summed E-state index contributed by atoms with van der Waals surface area (Å²) < 4.78 is 0. The van der Waals surface area contributed by atoms with Crippen molar-refractivity contribution in [2.24, 2.45) is 5.73 Å². The van der Waals surface area contributed by atoms with Crippen molar-refractivity contribution in [2.45, 2.75) is 25.8 Å². The van der Waals surface area contributed by atoms with E-state index in [9.17, 15) is 0 Å². The molecule has 2 N–H and O–H groups in total. The third-order valence-electron chi connectivity index (χ3n) is 3.97. The van der Waals surface area contributed by atoms with Gasteiger partial charge in [0.05, 0.1) is 5.02 Å². The van der Waals surface area contributed by atoms with Crippen molar-refractivity contribution in [2.75, 3.05) is 0 Å². The van der Waals surface area contributed by atoms with E-state index in [1.165, 1.54) is 16.3 Å². The Morgan fingerprint density at radius 2 is 1.33 bits per heavy atom. The Balaban J connectivity index is 0.00000161. The van der Waals surface area contributed by atoms with Crippen molar-refractivity contribution >= 4 is 45.6 Å². The van der Waals surface area contributed by atoms with Gasteiger partial charge in [-0.05, 0) is 29.2 Å². The highest BCUT2D eigenvalue weighted by molar-refractivity contribution is 6.41. The van der Waals surface area contributed by atoms with Gasteiger partial charge in [-0.1, -0.05) is 67.1 Å². The molecule has 3 heteroatoms. The largest absolute Gasteiger partial charge is 0.327 e. The van der Waals surface area contributed by atoms with E-state index in [0.29, 0.717) is 0 Å². The molecule has 3 aromatic rings. The standard InChI is InChI=1S/C18H18ClN.ClH/c1-2-12(20)11-17-13-7-3-5-9-15(13)18(19)16-10-6-4-8-14(16)17;/h3-10,12H,2,11,20H2,1H3;1H. The molecule has 0 aromatic heterocycles. The van der Waals surface area contributed by atoms with Gasteiger partial charge >= 0.3 is 0 Å². The second-order valence-corrected chi connectivity index (χ2v) is 5.63. The van der Waals surface area contributed by atoms with Gasteiger partial charge in [-0.3, -0.25) is 0 Å². The van der Waals surface area contributed by atoms with Crippen LogP contribution in [0.3, 0.4) is 0 Å². The SMILES string of the molecule is CCC(N)Cc1c2ccccc2c(Cl)c2ccccc12.Cl. The summed E-state index contributed by atoms with van der Waals surface area (Å²) in [6, 6.07) is 16.8. The normalized spacial score (nSPS) is 12.3. The summed E-state index contributed by atoms with van der Waals surface area (Å²) in [4.78, 5) is 0. The highest BCUT2D eigenvalue weighted by Crippen LogP contribution is 2.36. The molecule has 3 rings (SSSR count). The van der Waals surface area contributed by atoms with Crippen LogP contribution in [0.15, 0.2) is 48.5 Å². The number of fused-ring (bicyclic) bond motifs is 2. The van der Waals surface area contributed by atoms with Crippen LogP contribution in [-0.4, -0.2) is 6.04 Å². The van der Waals surface area contributed by atoms with Crippen LogP contribution in [0, 0.1) is 0 Å². The number of rotatable bonds is 3. The maximum Gasteiger partial charge on any atom is 0.0562 e. The third kappa shape index (κ3) is 2.87. The fourth-order valence-corrected chi connectivity index (χ4v) is 3.12. The zero-order valence-electron chi connectivity index (χ0n) is 12.0. The van der Waals surface area contributed by atoms with E-state index in [0.717, 1.165) is 28.6 Å². The minimum absolute atomic E-state index is 0. The molecule has 1 unspecified atom stereocenters. The van der Waals surface area contributed by atoms with E-state index in [1.807, 2.05) is 12.1 Å². The van der Waals surface area contributed by atoms with Gasteiger partial charge in [0, 0.05) is 16.8 Å². The average Bonchev–Trinajstić information content (AvgIpc) is 2.51. The fourth-order valence-electron chi connectivity index (χ4n) is 2.79. The molecule has 0 spiro atoms. The Morgan fingerprint density at radius 1 is 0.905 bits per heavy atom. The third-order valence-corrected chi connectivity index (χ3v) is 4.38. The molecule has 110 valence electrons. The van der Waals surface area contributed by atoms with Crippen LogP contribution in [-0.2, 0) is 6.42 Å². The Bertz CT molecular complexity index is 711. The second kappa shape index (κ2) is 6.65. The summed E-state index contributed by atoms with van der Waals surface area (Å²) in [5.74, 6) is 0. The maximum atomic E-state index is 6.59. The average molecular weight is 320 g/mol. The zero-order valence-corrected chi connectivity index (χ0v) is 13.5. The smallest absolute Gasteiger partial charge is 0.0562 e. The number of hydrogen-bond acceptors (Lipinski definition) is 1. The summed E-state index contributed by atoms with van der Waals surface area (Å²) in [6.45, 7) is 2.13. The molecule has 0 fully saturated rings. The Kier molecular flexibility index (Phi) is 5.10. The Hall–Kier alpha value is -1.28. The van der Waals surface area contributed by atoms with Crippen molar-refractivity contribution in [3.8, 4) is 0 Å². The van der Waals surface area contributed by atoms with Crippen LogP contribution in [0.25, 0.3) is 21.5 Å². The van der Waals surface area contributed by atoms with E-state index in [1.54, 1.807) is 0 Å². The minimum atomic E-state index is 0. The molecule has 0 saturated carbocycles. The van der Waals surface area contributed by atoms with Crippen molar-refractivity contribution in [3.63, 3.8) is 0 Å². The molecule has 0 aliphatic heterocycles. The zero-order chi connectivity index (χ0) is 14.1. The van der Waals surface area contributed by atoms with Gasteiger partial charge in [0.15, 0.2) is 0 Å². The number of nitrogens with two attached hydrogens (primary N) is 1. The van der Waals surface area contributed by atoms with Crippen molar-refractivity contribution in [1.82, 2.24) is 0 Å². The monoisotopic (exact) mass is 319 g/mol. The first-order valence-corrected chi connectivity index (χ1v) is 7.43. The molecular weight excluding hydrogens is 301 g/mol. The molecule has 3 aromatic carbocycles. The quantitative estimate of drug-likeness (QED) is 0.647. The lowest BCUT2D eigenvalue weighted by molar-refractivity contribution is 0.651. The van der Waals surface area contributed by atoms with Crippen molar-refractivity contribution < 1.29 is 0 Å². The lowest BCUT2D eigenvalue weighted by atomic mass is 9.92. The fraction of sp³-hybridized carbons (Fsp3) is 0.222. The van der Waals surface area contributed by atoms with E-state index < -0.39 is 0 Å². The van der Waals surface area contributed by atoms with Crippen LogP contribution in [0.2, 0.25) is 5.02 Å². The molecule has 0 saturated heterocycles. The van der Waals surface area contributed by atoms with Crippen molar-refractivity contribution in [1.29, 1.82) is 0 Å². The topological polar surface area (TPSA) is 26.0 Å². The van der Waals surface area contributed by atoms with E-state index in [-0.39, 0.29) is 18.4 Å². The maximum absolute atomic E-state index is 6.59. The first-order chi connectivity index (χ1) is 9.72. The van der Waals surface area contributed by atoms with Gasteiger partial charge in [-0.2, -0.15) is 0 Å². The van der Waals surface area contributed by atoms with E-state index in [4.69, 9.17) is 17.3 Å². The molecule has 0 aliphatic carbocycles. The number of halogens is 2. The Labute approximate surface area is 136 Å². The summed E-state index contributed by atoms with van der Waals surface area (Å²) in [6.07, 6.45) is 1.86. The molecular formula is C18H19Cl2N. The predicted octanol–water partition coefficient (Wildman–Crippen LogP) is 5.35. The number of benzene rings is 3. The van der Waals surface area contributed by atoms with Gasteiger partial charge < -0.3 is 5.73 Å². The van der Waals surface area contributed by atoms with Gasteiger partial charge in [0.2, 0.25) is 0 Å². The van der Waals surface area contributed by atoms with Crippen LogP contribution >= 0.6 is 24.0 Å². The molecule has 0 bridgehead atoms. The predicted molar refractivity (Wildman–Crippen MR) is 95.7 cm³/mol. The summed E-state index contributed by atoms with van der Waals surface area (Å²) in [5.41, 5.74) is 7.51. The van der Waals surface area contributed by atoms with Crippen LogP contribution in [0.5, 0.6) is 0 Å². The van der Waals surface area contributed by atoms with Gasteiger partial charge in [0.25, 0.3) is 0 Å². The molecule has 21 heavy (non-hydrogen) atoms. The molecule has 0 heterocycles. The van der Waals surface area contributed by atoms with Crippen molar-refractivity contribution in [3.05, 3.63) is 59.1 Å². The molecule has 1 nitrogen and oxygen atoms in total. The van der Waals surface area contributed by atoms with Gasteiger partial charge in [-0.25, -0.2) is 0 Å². The summed E-state index contributed by atoms with van der Waals surface area (Å²) >= 11 is 6.59. The van der Waals surface area contributed by atoms with Gasteiger partial charge in [-0.15, -0.1) is 12.4 Å². The first-order valence-electron chi connectivity index (χ1n) is 7.05. The van der Waals surface area contributed by atoms with Gasteiger partial charge in [0.1, 0.15) is 0 Å². The second-order valence-electron chi connectivity index (χ2n) is 5.26. The molecule has 0 radical (unpaired) electrons. The number of hydrogen-bond donors (Lipinski definition) is 1. The lowest BCUT2D eigenvalue weighted by Gasteiger charge is -2.16. The minimum Gasteiger partial charge on any atom is -0.327 e. The Morgan fingerprint density at radius 3 is 1.76 bits per heavy atom. The van der Waals surface area contributed by atoms with Crippen LogP contribution in [0.4, 0.5) is 0 Å². The first kappa shape index (κ1) is 16.1. The van der Waals surface area contributed by atoms with E-state index >= 15 is 0 Å². The molecule has 0 amide bonds. The summed E-state index contributed by atoms with van der Waals surface area (Å²) in [7, 11) is 0. The summed E-state index contributed by atoms with van der Waals surface area (Å²) in [5, 5.41) is 5.52. The van der Waals surface area contributed by atoms with Crippen LogP contribution < -0.4 is 5.73 Å². The molecule has 0 aliphatic rings. The van der Waals surface area contributed by atoms with Crippen LogP contribution in [0.1, 0.15) is 18.9 Å². The highest BCUT2D eigenvalue weighted by Gasteiger charge is 2.13. The lowest BCUT2D eigenvalue weighted by Crippen LogP contribution is -2.21. The van der Waals surface area contributed by atoms with E-state index in [2.05, 4.69) is 43.3 Å².